The van der Waals surface area contributed by atoms with E-state index >= 15 is 0 Å². The Morgan fingerprint density at radius 1 is 1.25 bits per heavy atom. The van der Waals surface area contributed by atoms with E-state index in [9.17, 15) is 4.79 Å². The van der Waals surface area contributed by atoms with Crippen LogP contribution in [0.2, 0.25) is 0 Å². The summed E-state index contributed by atoms with van der Waals surface area (Å²) in [6.07, 6.45) is 7.60. The Morgan fingerprint density at radius 3 is 2.79 bits per heavy atom. The highest BCUT2D eigenvalue weighted by Crippen LogP contribution is 2.32. The molecule has 142 valence electrons. The monoisotopic (exact) mass is 373 g/mol. The molecule has 0 radical (unpaired) electrons. The molecule has 0 unspecified atom stereocenters. The summed E-state index contributed by atoms with van der Waals surface area (Å²) in [7, 11) is 0. The van der Waals surface area contributed by atoms with E-state index in [1.807, 2.05) is 61.2 Å². The first kappa shape index (κ1) is 18.1. The van der Waals surface area contributed by atoms with Crippen LogP contribution in [0.3, 0.4) is 0 Å². The first-order valence-electron chi connectivity index (χ1n) is 9.44. The standard InChI is InChI=1S/C22H23N5O/c1-4-9-18-12-8-13-19(17-10-6-5-7-11-17)27(18)21(28)20-24-25-22-23-15(2)14-16(3)26(20)22/h4-8,10-11,13-14,18-19H,1,9,12H2,2-3H3/t18-,19+/m1/s1. The van der Waals surface area contributed by atoms with Crippen LogP contribution in [0.25, 0.3) is 5.78 Å². The third kappa shape index (κ3) is 3.11. The maximum Gasteiger partial charge on any atom is 0.293 e. The second kappa shape index (κ2) is 7.38. The Morgan fingerprint density at radius 2 is 2.04 bits per heavy atom. The van der Waals surface area contributed by atoms with E-state index in [1.54, 1.807) is 4.40 Å². The highest BCUT2D eigenvalue weighted by Gasteiger charge is 2.35. The van der Waals surface area contributed by atoms with Crippen LogP contribution in [0.1, 0.15) is 46.5 Å². The van der Waals surface area contributed by atoms with Gasteiger partial charge in [-0.3, -0.25) is 9.20 Å². The van der Waals surface area contributed by atoms with Crippen molar-refractivity contribution in [3.63, 3.8) is 0 Å². The lowest BCUT2D eigenvalue weighted by molar-refractivity contribution is 0.0588. The number of benzene rings is 1. The van der Waals surface area contributed by atoms with Gasteiger partial charge in [-0.25, -0.2) is 4.98 Å². The van der Waals surface area contributed by atoms with Gasteiger partial charge in [-0.2, -0.15) is 0 Å². The summed E-state index contributed by atoms with van der Waals surface area (Å²) in [4.78, 5) is 20.0. The molecular formula is C22H23N5O. The van der Waals surface area contributed by atoms with Crippen molar-refractivity contribution in [2.75, 3.05) is 0 Å². The number of carbonyl (C=O) groups excluding carboxylic acids is 1. The minimum Gasteiger partial charge on any atom is -0.322 e. The van der Waals surface area contributed by atoms with Crippen molar-refractivity contribution in [2.45, 2.75) is 38.8 Å². The van der Waals surface area contributed by atoms with E-state index in [2.05, 4.69) is 33.9 Å². The summed E-state index contributed by atoms with van der Waals surface area (Å²) in [6, 6.07) is 11.8. The van der Waals surface area contributed by atoms with Crippen LogP contribution in [-0.4, -0.2) is 36.4 Å². The maximum absolute atomic E-state index is 13.7. The minimum atomic E-state index is -0.154. The minimum absolute atomic E-state index is 0.0197. The Labute approximate surface area is 164 Å². The lowest BCUT2D eigenvalue weighted by Gasteiger charge is -2.39. The molecule has 4 rings (SSSR count). The van der Waals surface area contributed by atoms with Crippen LogP contribution < -0.4 is 0 Å². The van der Waals surface area contributed by atoms with Crippen molar-refractivity contribution in [3.05, 3.63) is 84.0 Å². The van der Waals surface area contributed by atoms with Gasteiger partial charge in [0.1, 0.15) is 0 Å². The number of rotatable bonds is 4. The second-order valence-electron chi connectivity index (χ2n) is 7.11. The van der Waals surface area contributed by atoms with Crippen LogP contribution >= 0.6 is 0 Å². The molecule has 6 heteroatoms. The quantitative estimate of drug-likeness (QED) is 0.652. The molecule has 2 aromatic heterocycles. The smallest absolute Gasteiger partial charge is 0.293 e. The molecule has 0 spiro atoms. The zero-order valence-electron chi connectivity index (χ0n) is 16.1. The Bertz CT molecular complexity index is 1050. The molecule has 0 saturated carbocycles. The van der Waals surface area contributed by atoms with Crippen molar-refractivity contribution in [3.8, 4) is 0 Å². The van der Waals surface area contributed by atoms with Crippen LogP contribution in [-0.2, 0) is 0 Å². The lowest BCUT2D eigenvalue weighted by atomic mass is 9.94. The van der Waals surface area contributed by atoms with Gasteiger partial charge in [0.2, 0.25) is 5.82 Å². The van der Waals surface area contributed by atoms with Gasteiger partial charge in [0, 0.05) is 17.4 Å². The van der Waals surface area contributed by atoms with Crippen molar-refractivity contribution < 1.29 is 4.79 Å². The number of hydrogen-bond donors (Lipinski definition) is 0. The van der Waals surface area contributed by atoms with Crippen LogP contribution in [0.4, 0.5) is 0 Å². The van der Waals surface area contributed by atoms with E-state index in [0.29, 0.717) is 18.0 Å². The average Bonchev–Trinajstić information content (AvgIpc) is 3.12. The normalized spacial score (nSPS) is 19.1. The lowest BCUT2D eigenvalue weighted by Crippen LogP contribution is -2.44. The summed E-state index contributed by atoms with van der Waals surface area (Å²) < 4.78 is 1.74. The number of hydrogen-bond acceptors (Lipinski definition) is 4. The van der Waals surface area contributed by atoms with Gasteiger partial charge in [0.05, 0.1) is 6.04 Å². The van der Waals surface area contributed by atoms with Gasteiger partial charge in [-0.05, 0) is 38.3 Å². The molecule has 2 atom stereocenters. The van der Waals surface area contributed by atoms with Crippen LogP contribution in [0.15, 0.2) is 61.2 Å². The van der Waals surface area contributed by atoms with Crippen molar-refractivity contribution in [1.29, 1.82) is 0 Å². The van der Waals surface area contributed by atoms with Crippen LogP contribution in [0.5, 0.6) is 0 Å². The van der Waals surface area contributed by atoms with Gasteiger partial charge < -0.3 is 4.90 Å². The number of nitrogens with zero attached hydrogens (tertiary/aromatic N) is 5. The molecule has 28 heavy (non-hydrogen) atoms. The van der Waals surface area contributed by atoms with Gasteiger partial charge in [0.25, 0.3) is 11.7 Å². The molecular weight excluding hydrogens is 350 g/mol. The SMILES string of the molecule is C=CC[C@@H]1CC=C[C@@H](c2ccccc2)N1C(=O)c1nnc2nc(C)cc(C)n12. The molecule has 1 aliphatic heterocycles. The number of fused-ring (bicyclic) bond motifs is 1. The zero-order valence-corrected chi connectivity index (χ0v) is 16.1. The fourth-order valence-electron chi connectivity index (χ4n) is 3.90. The number of aryl methyl sites for hydroxylation is 2. The van der Waals surface area contributed by atoms with E-state index in [1.165, 1.54) is 0 Å². The largest absolute Gasteiger partial charge is 0.322 e. The number of carbonyl (C=O) groups is 1. The Kier molecular flexibility index (Phi) is 4.77. The first-order chi connectivity index (χ1) is 13.6. The predicted molar refractivity (Wildman–Crippen MR) is 108 cm³/mol. The fraction of sp³-hybridized carbons (Fsp3) is 0.273. The van der Waals surface area contributed by atoms with E-state index in [0.717, 1.165) is 23.4 Å². The number of aromatic nitrogens is 4. The molecule has 3 heterocycles. The van der Waals surface area contributed by atoms with Gasteiger partial charge in [-0.1, -0.05) is 48.6 Å². The van der Waals surface area contributed by atoms with E-state index < -0.39 is 0 Å². The first-order valence-corrected chi connectivity index (χ1v) is 9.44. The predicted octanol–water partition coefficient (Wildman–Crippen LogP) is 3.83. The van der Waals surface area contributed by atoms with Crippen molar-refractivity contribution in [1.82, 2.24) is 24.5 Å². The summed E-state index contributed by atoms with van der Waals surface area (Å²) in [6.45, 7) is 7.72. The van der Waals surface area contributed by atoms with E-state index in [-0.39, 0.29) is 18.0 Å². The third-order valence-electron chi connectivity index (χ3n) is 5.12. The highest BCUT2D eigenvalue weighted by atomic mass is 16.2. The molecule has 0 saturated heterocycles. The molecule has 0 fully saturated rings. The Hall–Kier alpha value is -3.28. The average molecular weight is 373 g/mol. The molecule has 3 aromatic rings. The van der Waals surface area contributed by atoms with E-state index in [4.69, 9.17) is 0 Å². The van der Waals surface area contributed by atoms with Gasteiger partial charge >= 0.3 is 0 Å². The maximum atomic E-state index is 13.7. The second-order valence-corrected chi connectivity index (χ2v) is 7.11. The Balaban J connectivity index is 1.82. The molecule has 1 amide bonds. The summed E-state index contributed by atoms with van der Waals surface area (Å²) in [5.41, 5.74) is 2.81. The molecule has 1 aromatic carbocycles. The van der Waals surface area contributed by atoms with Gasteiger partial charge in [-0.15, -0.1) is 16.8 Å². The summed E-state index contributed by atoms with van der Waals surface area (Å²) >= 11 is 0. The van der Waals surface area contributed by atoms with Gasteiger partial charge in [0.15, 0.2) is 0 Å². The van der Waals surface area contributed by atoms with Crippen molar-refractivity contribution in [2.24, 2.45) is 0 Å². The topological polar surface area (TPSA) is 63.4 Å². The molecule has 0 aliphatic carbocycles. The number of amides is 1. The van der Waals surface area contributed by atoms with Crippen LogP contribution in [0, 0.1) is 13.8 Å². The fourth-order valence-corrected chi connectivity index (χ4v) is 3.90. The molecule has 0 bridgehead atoms. The molecule has 6 nitrogen and oxygen atoms in total. The molecule has 1 aliphatic rings. The highest BCUT2D eigenvalue weighted by molar-refractivity contribution is 5.92. The summed E-state index contributed by atoms with van der Waals surface area (Å²) in [5.74, 6) is 0.599. The summed E-state index contributed by atoms with van der Waals surface area (Å²) in [5, 5.41) is 8.35. The zero-order chi connectivity index (χ0) is 19.7. The third-order valence-corrected chi connectivity index (χ3v) is 5.12. The van der Waals surface area contributed by atoms with Crippen molar-refractivity contribution >= 4 is 11.7 Å². The molecule has 0 N–H and O–H groups in total.